The summed E-state index contributed by atoms with van der Waals surface area (Å²) in [7, 11) is 0. The molecule has 23 heavy (non-hydrogen) atoms. The number of benzene rings is 1. The highest BCUT2D eigenvalue weighted by atomic mass is 35.5. The van der Waals surface area contributed by atoms with Crippen molar-refractivity contribution >= 4 is 22.6 Å². The average Bonchev–Trinajstić information content (AvgIpc) is 3.30. The summed E-state index contributed by atoms with van der Waals surface area (Å²) in [6, 6.07) is 8.38. The maximum Gasteiger partial charge on any atom is 0.336 e. The third-order valence-electron chi connectivity index (χ3n) is 3.78. The third-order valence-corrected chi connectivity index (χ3v) is 3.97. The zero-order valence-electron chi connectivity index (χ0n) is 12.4. The maximum absolute atomic E-state index is 11.5. The van der Waals surface area contributed by atoms with E-state index in [1.807, 2.05) is 19.1 Å². The van der Waals surface area contributed by atoms with Crippen LogP contribution in [-0.2, 0) is 0 Å². The van der Waals surface area contributed by atoms with E-state index in [9.17, 15) is 4.79 Å². The fourth-order valence-corrected chi connectivity index (χ4v) is 2.66. The number of nitrogens with zero attached hydrogens (tertiary/aromatic N) is 2. The molecular weight excluding hydrogens is 316 g/mol. The Bertz CT molecular complexity index is 964. The van der Waals surface area contributed by atoms with E-state index in [0.717, 1.165) is 29.6 Å². The number of ether oxygens (including phenoxy) is 1. The van der Waals surface area contributed by atoms with Gasteiger partial charge in [0.15, 0.2) is 0 Å². The van der Waals surface area contributed by atoms with E-state index < -0.39 is 0 Å². The van der Waals surface area contributed by atoms with E-state index in [2.05, 4.69) is 9.97 Å². The predicted octanol–water partition coefficient (Wildman–Crippen LogP) is 4.21. The Morgan fingerprint density at radius 2 is 2.04 bits per heavy atom. The van der Waals surface area contributed by atoms with E-state index >= 15 is 0 Å². The van der Waals surface area contributed by atoms with Crippen LogP contribution in [0, 0.1) is 6.92 Å². The van der Waals surface area contributed by atoms with Crippen molar-refractivity contribution in [3.05, 3.63) is 57.3 Å². The van der Waals surface area contributed by atoms with Crippen LogP contribution in [-0.4, -0.2) is 9.97 Å². The van der Waals surface area contributed by atoms with Crippen LogP contribution in [0.3, 0.4) is 0 Å². The van der Waals surface area contributed by atoms with Crippen molar-refractivity contribution < 1.29 is 9.15 Å². The van der Waals surface area contributed by atoms with Crippen molar-refractivity contribution in [3.63, 3.8) is 0 Å². The van der Waals surface area contributed by atoms with Crippen LogP contribution in [0.15, 0.2) is 39.5 Å². The number of rotatable bonds is 3. The lowest BCUT2D eigenvalue weighted by Crippen LogP contribution is -1.99. The largest absolute Gasteiger partial charge is 0.439 e. The third kappa shape index (κ3) is 2.92. The highest BCUT2D eigenvalue weighted by Crippen LogP contribution is 2.39. The number of halogens is 1. The van der Waals surface area contributed by atoms with Gasteiger partial charge >= 0.3 is 5.63 Å². The molecule has 0 amide bonds. The first-order valence-corrected chi connectivity index (χ1v) is 7.73. The molecule has 4 rings (SSSR count). The quantitative estimate of drug-likeness (QED) is 0.532. The van der Waals surface area contributed by atoms with Gasteiger partial charge in [-0.1, -0.05) is 11.6 Å². The van der Waals surface area contributed by atoms with E-state index in [-0.39, 0.29) is 5.63 Å². The van der Waals surface area contributed by atoms with E-state index in [4.69, 9.17) is 20.8 Å². The maximum atomic E-state index is 11.5. The zero-order chi connectivity index (χ0) is 16.0. The van der Waals surface area contributed by atoms with Crippen LogP contribution in [0.1, 0.15) is 30.1 Å². The summed E-state index contributed by atoms with van der Waals surface area (Å²) in [6.45, 7) is 1.87. The predicted molar refractivity (Wildman–Crippen MR) is 86.3 cm³/mol. The number of hydrogen-bond donors (Lipinski definition) is 0. The van der Waals surface area contributed by atoms with Crippen LogP contribution in [0.25, 0.3) is 11.0 Å². The molecule has 5 nitrogen and oxygen atoms in total. The van der Waals surface area contributed by atoms with Crippen molar-refractivity contribution in [2.75, 3.05) is 0 Å². The average molecular weight is 329 g/mol. The topological polar surface area (TPSA) is 65.2 Å². The molecule has 0 saturated heterocycles. The molecule has 1 aromatic carbocycles. The standard InChI is InChI=1S/C17H13ClN2O3/c1-9-6-16(21)23-13-7-11(4-5-12(9)13)22-15-8-14(18)19-17(20-15)10-2-3-10/h4-8,10H,2-3H2,1H3. The lowest BCUT2D eigenvalue weighted by molar-refractivity contribution is 0.457. The van der Waals surface area contributed by atoms with Gasteiger partial charge in [0.2, 0.25) is 5.88 Å². The summed E-state index contributed by atoms with van der Waals surface area (Å²) in [6.07, 6.45) is 2.17. The number of aryl methyl sites for hydroxylation is 1. The second-order valence-electron chi connectivity index (χ2n) is 5.67. The van der Waals surface area contributed by atoms with Gasteiger partial charge in [-0.25, -0.2) is 9.78 Å². The van der Waals surface area contributed by atoms with Crippen molar-refractivity contribution in [2.24, 2.45) is 0 Å². The van der Waals surface area contributed by atoms with Gasteiger partial charge in [0.05, 0.1) is 0 Å². The monoisotopic (exact) mass is 328 g/mol. The molecule has 2 aromatic heterocycles. The summed E-state index contributed by atoms with van der Waals surface area (Å²) in [5.41, 5.74) is 0.965. The molecule has 0 aliphatic heterocycles. The molecule has 0 N–H and O–H groups in total. The molecule has 116 valence electrons. The highest BCUT2D eigenvalue weighted by molar-refractivity contribution is 6.29. The molecule has 0 radical (unpaired) electrons. The first kappa shape index (κ1) is 14.2. The number of aromatic nitrogens is 2. The summed E-state index contributed by atoms with van der Waals surface area (Å²) in [5, 5.41) is 1.23. The van der Waals surface area contributed by atoms with Gasteiger partial charge in [-0.3, -0.25) is 0 Å². The summed E-state index contributed by atoms with van der Waals surface area (Å²) < 4.78 is 11.0. The molecule has 6 heteroatoms. The molecular formula is C17H13ClN2O3. The van der Waals surface area contributed by atoms with Gasteiger partial charge in [-0.2, -0.15) is 4.98 Å². The molecule has 0 spiro atoms. The van der Waals surface area contributed by atoms with Crippen molar-refractivity contribution in [3.8, 4) is 11.6 Å². The lowest BCUT2D eigenvalue weighted by atomic mass is 10.1. The van der Waals surface area contributed by atoms with Crippen molar-refractivity contribution in [1.82, 2.24) is 9.97 Å². The van der Waals surface area contributed by atoms with Crippen molar-refractivity contribution in [2.45, 2.75) is 25.7 Å². The molecule has 1 saturated carbocycles. The molecule has 2 heterocycles. The Balaban J connectivity index is 1.71. The first-order chi connectivity index (χ1) is 11.1. The van der Waals surface area contributed by atoms with Gasteiger partial charge in [-0.05, 0) is 37.5 Å². The Labute approximate surface area is 136 Å². The smallest absolute Gasteiger partial charge is 0.336 e. The Morgan fingerprint density at radius 3 is 2.83 bits per heavy atom. The van der Waals surface area contributed by atoms with Gasteiger partial charge in [0.1, 0.15) is 22.3 Å². The minimum atomic E-state index is -0.381. The molecule has 3 aromatic rings. The highest BCUT2D eigenvalue weighted by Gasteiger charge is 2.27. The molecule has 0 atom stereocenters. The van der Waals surface area contributed by atoms with Gasteiger partial charge < -0.3 is 9.15 Å². The SMILES string of the molecule is Cc1cc(=O)oc2cc(Oc3cc(Cl)nc(C4CC4)n3)ccc12. The van der Waals surface area contributed by atoms with Gasteiger partial charge in [0, 0.05) is 29.5 Å². The van der Waals surface area contributed by atoms with Gasteiger partial charge in [0.25, 0.3) is 0 Å². The lowest BCUT2D eigenvalue weighted by Gasteiger charge is -2.08. The number of fused-ring (bicyclic) bond motifs is 1. The Kier molecular flexibility index (Phi) is 3.31. The van der Waals surface area contributed by atoms with E-state index in [1.165, 1.54) is 6.07 Å². The van der Waals surface area contributed by atoms with Crippen LogP contribution >= 0.6 is 11.6 Å². The Morgan fingerprint density at radius 1 is 1.22 bits per heavy atom. The van der Waals surface area contributed by atoms with E-state index in [1.54, 1.807) is 12.1 Å². The van der Waals surface area contributed by atoms with Crippen LogP contribution in [0.4, 0.5) is 0 Å². The minimum absolute atomic E-state index is 0.361. The molecule has 1 fully saturated rings. The molecule has 0 bridgehead atoms. The fourth-order valence-electron chi connectivity index (χ4n) is 2.48. The summed E-state index contributed by atoms with van der Waals surface area (Å²) >= 11 is 6.03. The number of hydrogen-bond acceptors (Lipinski definition) is 5. The zero-order valence-corrected chi connectivity index (χ0v) is 13.1. The molecule has 1 aliphatic rings. The normalized spacial score (nSPS) is 14.2. The second kappa shape index (κ2) is 5.35. The van der Waals surface area contributed by atoms with Crippen LogP contribution in [0.5, 0.6) is 11.6 Å². The van der Waals surface area contributed by atoms with Gasteiger partial charge in [-0.15, -0.1) is 0 Å². The molecule has 0 unspecified atom stereocenters. The van der Waals surface area contributed by atoms with E-state index in [0.29, 0.717) is 28.3 Å². The fraction of sp³-hybridized carbons (Fsp3) is 0.235. The summed E-state index contributed by atoms with van der Waals surface area (Å²) in [4.78, 5) is 20.1. The minimum Gasteiger partial charge on any atom is -0.439 e. The van der Waals surface area contributed by atoms with Crippen LogP contribution < -0.4 is 10.4 Å². The second-order valence-corrected chi connectivity index (χ2v) is 6.06. The van der Waals surface area contributed by atoms with Crippen LogP contribution in [0.2, 0.25) is 5.15 Å². The Hall–Kier alpha value is -2.40. The summed E-state index contributed by atoms with van der Waals surface area (Å²) in [5.74, 6) is 2.02. The van der Waals surface area contributed by atoms with Crippen molar-refractivity contribution in [1.29, 1.82) is 0 Å². The first-order valence-electron chi connectivity index (χ1n) is 7.35. The molecule has 1 aliphatic carbocycles.